The molecule has 1 atom stereocenters. The van der Waals surface area contributed by atoms with Gasteiger partial charge in [0.1, 0.15) is 20.8 Å². The maximum atomic E-state index is 13.9. The van der Waals surface area contributed by atoms with Crippen LogP contribution < -0.4 is 25.8 Å². The van der Waals surface area contributed by atoms with Crippen molar-refractivity contribution in [2.24, 2.45) is 5.73 Å². The summed E-state index contributed by atoms with van der Waals surface area (Å²) < 4.78 is 19.5. The molecular weight excluding hydrogens is 399 g/mol. The molecule has 0 unspecified atom stereocenters. The molecule has 1 aliphatic rings. The second kappa shape index (κ2) is 7.73. The Hall–Kier alpha value is -3.71. The summed E-state index contributed by atoms with van der Waals surface area (Å²) in [7, 11) is 2.55. The monoisotopic (exact) mass is 414 g/mol. The summed E-state index contributed by atoms with van der Waals surface area (Å²) in [5.41, 5.74) is 5.74. The molecule has 148 valence electrons. The van der Waals surface area contributed by atoms with Crippen molar-refractivity contribution in [3.8, 4) is 6.07 Å². The molecule has 0 radical (unpaired) electrons. The number of carbonyl (C=O) groups is 2. The van der Waals surface area contributed by atoms with E-state index in [1.54, 1.807) is 6.07 Å². The van der Waals surface area contributed by atoms with Crippen molar-refractivity contribution < 1.29 is 18.7 Å². The zero-order valence-corrected chi connectivity index (χ0v) is 16.2. The molecule has 0 saturated carbocycles. The number of hydrogen-bond acceptors (Lipinski definition) is 7. The highest BCUT2D eigenvalue weighted by atomic mass is 32.1. The molecule has 10 heteroatoms. The van der Waals surface area contributed by atoms with Gasteiger partial charge in [-0.1, -0.05) is 12.1 Å². The Kier molecular flexibility index (Phi) is 5.34. The predicted octanol–water partition coefficient (Wildman–Crippen LogP) is -0.653. The highest BCUT2D eigenvalue weighted by molar-refractivity contribution is 7.07. The van der Waals surface area contributed by atoms with E-state index in [9.17, 15) is 24.0 Å². The zero-order valence-electron chi connectivity index (χ0n) is 15.4. The van der Waals surface area contributed by atoms with Gasteiger partial charge in [0, 0.05) is 13.1 Å². The Morgan fingerprint density at radius 2 is 2.17 bits per heavy atom. The van der Waals surface area contributed by atoms with Crippen molar-refractivity contribution in [2.45, 2.75) is 5.92 Å². The van der Waals surface area contributed by atoms with Gasteiger partial charge in [0.25, 0.3) is 11.5 Å². The first-order valence-electron chi connectivity index (χ1n) is 8.27. The number of esters is 1. The molecule has 0 aliphatic carbocycles. The Balaban J connectivity index is 2.50. The van der Waals surface area contributed by atoms with Crippen LogP contribution in [0.5, 0.6) is 0 Å². The lowest BCUT2D eigenvalue weighted by molar-refractivity contribution is -0.133. The van der Waals surface area contributed by atoms with Crippen LogP contribution >= 0.6 is 11.3 Å². The Morgan fingerprint density at radius 1 is 1.45 bits per heavy atom. The molecule has 2 heterocycles. The van der Waals surface area contributed by atoms with E-state index in [4.69, 9.17) is 5.73 Å². The number of aromatic nitrogens is 1. The lowest BCUT2D eigenvalue weighted by Gasteiger charge is -2.24. The Morgan fingerprint density at radius 3 is 2.76 bits per heavy atom. The molecule has 0 fully saturated rings. The molecule has 8 nitrogen and oxygen atoms in total. The van der Waals surface area contributed by atoms with E-state index >= 15 is 0 Å². The van der Waals surface area contributed by atoms with Gasteiger partial charge < -0.3 is 15.8 Å². The van der Waals surface area contributed by atoms with Gasteiger partial charge in [0.2, 0.25) is 0 Å². The average Bonchev–Trinajstić information content (AvgIpc) is 3.03. The summed E-state index contributed by atoms with van der Waals surface area (Å²) in [5.74, 6) is -3.05. The zero-order chi connectivity index (χ0) is 21.3. The molecule has 1 aromatic carbocycles. The van der Waals surface area contributed by atoms with Gasteiger partial charge in [-0.05, 0) is 17.7 Å². The Labute approximate surface area is 167 Å². The van der Waals surface area contributed by atoms with Crippen molar-refractivity contribution in [3.63, 3.8) is 0 Å². The summed E-state index contributed by atoms with van der Waals surface area (Å²) in [5, 5.41) is 12.2. The van der Waals surface area contributed by atoms with Crippen LogP contribution in [0.3, 0.4) is 0 Å². The third-order valence-electron chi connectivity index (χ3n) is 4.37. The molecule has 3 rings (SSSR count). The number of methoxy groups -OCH3 is 1. The number of benzene rings is 1. The second-order valence-electron chi connectivity index (χ2n) is 5.97. The van der Waals surface area contributed by atoms with E-state index in [-0.39, 0.29) is 26.2 Å². The van der Waals surface area contributed by atoms with Gasteiger partial charge in [-0.25, -0.2) is 9.18 Å². The standard InChI is InChI=1S/C19H15FN4O4S/c1-23-17(26)15-14(9-4-3-5-10(20)6-9)11(8-21)16(22)24-18(27)12(29-19(15)24)7-13(25)28-2/h3-7,14H,22H2,1-2H3,(H,23,26)/b12-7-/t14-/m0/s1. The number of halogens is 1. The summed E-state index contributed by atoms with van der Waals surface area (Å²) in [6.07, 6.45) is 0.982. The SMILES string of the molecule is CNC(=O)C1=c2s/c(=C\C(=O)OC)c(=O)n2C(N)=C(C#N)[C@@H]1c1cccc(F)c1. The van der Waals surface area contributed by atoms with Crippen molar-refractivity contribution in [1.82, 2.24) is 9.88 Å². The Bertz CT molecular complexity index is 1280. The molecule has 0 bridgehead atoms. The van der Waals surface area contributed by atoms with E-state index in [1.807, 2.05) is 6.07 Å². The number of allylic oxidation sites excluding steroid dienone is 1. The molecule has 0 saturated heterocycles. The van der Waals surface area contributed by atoms with Gasteiger partial charge in [0.05, 0.1) is 30.2 Å². The third kappa shape index (κ3) is 3.32. The summed E-state index contributed by atoms with van der Waals surface area (Å²) in [4.78, 5) is 37.1. The lowest BCUT2D eigenvalue weighted by atomic mass is 9.83. The predicted molar refractivity (Wildman–Crippen MR) is 104 cm³/mol. The number of nitriles is 1. The van der Waals surface area contributed by atoms with Gasteiger partial charge in [0.15, 0.2) is 0 Å². The third-order valence-corrected chi connectivity index (χ3v) is 5.48. The minimum atomic E-state index is -0.986. The van der Waals surface area contributed by atoms with Crippen LogP contribution in [-0.2, 0) is 14.3 Å². The quantitative estimate of drug-likeness (QED) is 0.643. The van der Waals surface area contributed by atoms with Crippen LogP contribution in [-0.4, -0.2) is 30.6 Å². The van der Waals surface area contributed by atoms with Crippen LogP contribution in [0.4, 0.5) is 4.39 Å². The molecular formula is C19H15FN4O4S. The van der Waals surface area contributed by atoms with Crippen molar-refractivity contribution >= 4 is 40.7 Å². The number of hydrogen-bond donors (Lipinski definition) is 2. The van der Waals surface area contributed by atoms with Crippen LogP contribution in [0.2, 0.25) is 0 Å². The number of nitrogens with two attached hydrogens (primary N) is 1. The number of rotatable bonds is 3. The van der Waals surface area contributed by atoms with E-state index in [2.05, 4.69) is 10.1 Å². The smallest absolute Gasteiger partial charge is 0.332 e. The van der Waals surface area contributed by atoms with Crippen molar-refractivity contribution in [1.29, 1.82) is 5.26 Å². The number of thiazole rings is 1. The van der Waals surface area contributed by atoms with Crippen LogP contribution in [0.15, 0.2) is 34.6 Å². The maximum Gasteiger partial charge on any atom is 0.332 e. The van der Waals surface area contributed by atoms with Crippen LogP contribution in [0.1, 0.15) is 11.5 Å². The first kappa shape index (κ1) is 20.0. The average molecular weight is 414 g/mol. The fraction of sp³-hybridized carbons (Fsp3) is 0.158. The largest absolute Gasteiger partial charge is 0.466 e. The second-order valence-corrected chi connectivity index (χ2v) is 7.00. The van der Waals surface area contributed by atoms with Crippen LogP contribution in [0.25, 0.3) is 17.5 Å². The summed E-state index contributed by atoms with van der Waals surface area (Å²) >= 11 is 0.855. The first-order valence-corrected chi connectivity index (χ1v) is 9.09. The number of nitrogens with zero attached hydrogens (tertiary/aromatic N) is 2. The molecule has 1 aromatic heterocycles. The lowest BCUT2D eigenvalue weighted by Crippen LogP contribution is -2.41. The minimum absolute atomic E-state index is 0.0200. The normalized spacial score (nSPS) is 16.3. The van der Waals surface area contributed by atoms with E-state index in [0.717, 1.165) is 29.1 Å². The van der Waals surface area contributed by atoms with E-state index in [1.165, 1.54) is 25.2 Å². The molecule has 0 spiro atoms. The number of fused-ring (bicyclic) bond motifs is 1. The fourth-order valence-electron chi connectivity index (χ4n) is 3.09. The van der Waals surface area contributed by atoms with E-state index < -0.39 is 29.2 Å². The number of carbonyl (C=O) groups excluding carboxylic acids is 2. The number of amides is 1. The maximum absolute atomic E-state index is 13.9. The molecule has 1 amide bonds. The molecule has 29 heavy (non-hydrogen) atoms. The van der Waals surface area contributed by atoms with Crippen molar-refractivity contribution in [3.05, 3.63) is 60.8 Å². The number of nitrogens with one attached hydrogen (secondary N) is 1. The molecule has 2 aromatic rings. The van der Waals surface area contributed by atoms with Gasteiger partial charge >= 0.3 is 5.97 Å². The van der Waals surface area contributed by atoms with Gasteiger partial charge in [-0.3, -0.25) is 14.2 Å². The molecule has 1 aliphatic heterocycles. The number of ether oxygens (including phenoxy) is 1. The molecule has 3 N–H and O–H groups in total. The summed E-state index contributed by atoms with van der Waals surface area (Å²) in [6.45, 7) is 0. The van der Waals surface area contributed by atoms with Gasteiger partial charge in [-0.15, -0.1) is 11.3 Å². The fourth-order valence-corrected chi connectivity index (χ4v) is 4.22. The topological polar surface area (TPSA) is 127 Å². The van der Waals surface area contributed by atoms with Gasteiger partial charge in [-0.2, -0.15) is 5.26 Å². The highest BCUT2D eigenvalue weighted by Gasteiger charge is 2.35. The first-order chi connectivity index (χ1) is 13.8. The summed E-state index contributed by atoms with van der Waals surface area (Å²) in [6, 6.07) is 7.37. The highest BCUT2D eigenvalue weighted by Crippen LogP contribution is 2.36. The van der Waals surface area contributed by atoms with Crippen LogP contribution in [0, 0.1) is 17.1 Å². The van der Waals surface area contributed by atoms with Crippen molar-refractivity contribution in [2.75, 3.05) is 14.2 Å². The van der Waals surface area contributed by atoms with E-state index in [0.29, 0.717) is 5.56 Å². The minimum Gasteiger partial charge on any atom is -0.466 e.